The lowest BCUT2D eigenvalue weighted by Gasteiger charge is -2.41. The van der Waals surface area contributed by atoms with Gasteiger partial charge in [0.25, 0.3) is 0 Å². The number of alkyl halides is 3. The summed E-state index contributed by atoms with van der Waals surface area (Å²) in [6, 6.07) is 4.23. The fraction of sp³-hybridized carbons (Fsp3) is 0.538. The molecule has 6 heteroatoms. The van der Waals surface area contributed by atoms with Crippen molar-refractivity contribution in [3.8, 4) is 0 Å². The van der Waals surface area contributed by atoms with Gasteiger partial charge in [-0.1, -0.05) is 22.4 Å². The Balaban J connectivity index is 2.16. The molecule has 1 N–H and O–H groups in total. The largest absolute Gasteiger partial charge is 0.418 e. The van der Waals surface area contributed by atoms with Crippen LogP contribution in [0.5, 0.6) is 0 Å². The molecule has 1 aliphatic rings. The van der Waals surface area contributed by atoms with Gasteiger partial charge in [-0.2, -0.15) is 24.9 Å². The molecule has 2 rings (SSSR count). The van der Waals surface area contributed by atoms with Crippen LogP contribution in [-0.2, 0) is 6.18 Å². The van der Waals surface area contributed by atoms with Gasteiger partial charge in [0.05, 0.1) is 5.56 Å². The van der Waals surface area contributed by atoms with E-state index in [4.69, 9.17) is 0 Å². The fourth-order valence-electron chi connectivity index (χ4n) is 2.19. The lowest BCUT2D eigenvalue weighted by atomic mass is 9.84. The van der Waals surface area contributed by atoms with Crippen molar-refractivity contribution in [2.75, 3.05) is 18.1 Å². The van der Waals surface area contributed by atoms with E-state index in [0.29, 0.717) is 11.0 Å². The number of nitrogens with one attached hydrogen (secondary N) is 1. The summed E-state index contributed by atoms with van der Waals surface area (Å²) < 4.78 is 39.4. The summed E-state index contributed by atoms with van der Waals surface area (Å²) in [6.45, 7) is 0.582. The van der Waals surface area contributed by atoms with E-state index in [1.165, 1.54) is 6.07 Å². The van der Waals surface area contributed by atoms with Gasteiger partial charge in [0, 0.05) is 21.5 Å². The smallest absolute Gasteiger partial charge is 0.383 e. The molecule has 0 bridgehead atoms. The van der Waals surface area contributed by atoms with Crippen LogP contribution >= 0.6 is 27.7 Å². The average molecular weight is 354 g/mol. The SMILES string of the molecule is CSC1(CNc2ccc(Br)cc2C(F)(F)F)CCC1. The van der Waals surface area contributed by atoms with E-state index in [1.54, 1.807) is 17.8 Å². The van der Waals surface area contributed by atoms with Gasteiger partial charge >= 0.3 is 6.18 Å². The maximum absolute atomic E-state index is 13.0. The highest BCUT2D eigenvalue weighted by Gasteiger charge is 2.37. The van der Waals surface area contributed by atoms with Crippen LogP contribution in [0.1, 0.15) is 24.8 Å². The lowest BCUT2D eigenvalue weighted by molar-refractivity contribution is -0.137. The summed E-state index contributed by atoms with van der Waals surface area (Å²) in [6.07, 6.45) is 0.985. The van der Waals surface area contributed by atoms with Crippen molar-refractivity contribution >= 4 is 33.4 Å². The Hall–Kier alpha value is -0.360. The molecular weight excluding hydrogens is 339 g/mol. The predicted molar refractivity (Wildman–Crippen MR) is 77.7 cm³/mol. The normalized spacial score (nSPS) is 17.9. The van der Waals surface area contributed by atoms with Gasteiger partial charge < -0.3 is 5.32 Å². The first-order chi connectivity index (χ1) is 8.86. The van der Waals surface area contributed by atoms with Crippen LogP contribution in [0.25, 0.3) is 0 Å². The average Bonchev–Trinajstić information content (AvgIpc) is 2.28. The Bertz CT molecular complexity index is 452. The zero-order valence-electron chi connectivity index (χ0n) is 10.5. The number of benzene rings is 1. The first kappa shape index (κ1) is 15.0. The molecule has 0 aliphatic heterocycles. The van der Waals surface area contributed by atoms with Crippen molar-refractivity contribution in [1.29, 1.82) is 0 Å². The highest BCUT2D eigenvalue weighted by Crippen LogP contribution is 2.43. The van der Waals surface area contributed by atoms with E-state index in [-0.39, 0.29) is 10.4 Å². The molecule has 0 saturated heterocycles. The predicted octanol–water partition coefficient (Wildman–Crippen LogP) is 5.17. The van der Waals surface area contributed by atoms with Gasteiger partial charge in [0.1, 0.15) is 0 Å². The molecule has 0 aromatic heterocycles. The van der Waals surface area contributed by atoms with Crippen molar-refractivity contribution in [3.05, 3.63) is 28.2 Å². The number of rotatable bonds is 4. The minimum Gasteiger partial charge on any atom is -0.383 e. The number of halogens is 4. The first-order valence-corrected chi connectivity index (χ1v) is 8.04. The third-order valence-corrected chi connectivity index (χ3v) is 5.50. The minimum absolute atomic E-state index is 0.107. The van der Waals surface area contributed by atoms with Crippen molar-refractivity contribution < 1.29 is 13.2 Å². The van der Waals surface area contributed by atoms with Crippen LogP contribution in [0, 0.1) is 0 Å². The number of hydrogen-bond acceptors (Lipinski definition) is 2. The molecule has 0 amide bonds. The van der Waals surface area contributed by atoms with Gasteiger partial charge in [-0.15, -0.1) is 0 Å². The number of anilines is 1. The molecule has 0 spiro atoms. The van der Waals surface area contributed by atoms with Gasteiger partial charge in [0.15, 0.2) is 0 Å². The molecule has 0 unspecified atom stereocenters. The number of thioether (sulfide) groups is 1. The van der Waals surface area contributed by atoms with Gasteiger partial charge in [-0.25, -0.2) is 0 Å². The highest BCUT2D eigenvalue weighted by atomic mass is 79.9. The van der Waals surface area contributed by atoms with E-state index < -0.39 is 11.7 Å². The van der Waals surface area contributed by atoms with Crippen molar-refractivity contribution in [2.24, 2.45) is 0 Å². The molecule has 1 aliphatic carbocycles. The molecule has 106 valence electrons. The quantitative estimate of drug-likeness (QED) is 0.801. The Labute approximate surface area is 123 Å². The second-order valence-corrected chi connectivity index (χ2v) is 6.97. The molecule has 0 heterocycles. The standard InChI is InChI=1S/C13H15BrF3NS/c1-19-12(5-2-6-12)8-18-11-4-3-9(14)7-10(11)13(15,16)17/h3-4,7,18H,2,5-6,8H2,1H3. The van der Waals surface area contributed by atoms with E-state index in [9.17, 15) is 13.2 Å². The molecule has 0 atom stereocenters. The summed E-state index contributed by atoms with van der Waals surface area (Å²) in [5.41, 5.74) is -0.450. The summed E-state index contributed by atoms with van der Waals surface area (Å²) in [5.74, 6) is 0. The van der Waals surface area contributed by atoms with Crippen LogP contribution in [0.2, 0.25) is 0 Å². The second kappa shape index (κ2) is 5.56. The molecular formula is C13H15BrF3NS. The van der Waals surface area contributed by atoms with Crippen molar-refractivity contribution in [2.45, 2.75) is 30.2 Å². The lowest BCUT2D eigenvalue weighted by Crippen LogP contribution is -2.40. The molecule has 0 radical (unpaired) electrons. The highest BCUT2D eigenvalue weighted by molar-refractivity contribution is 9.10. The van der Waals surface area contributed by atoms with Crippen LogP contribution in [0.3, 0.4) is 0 Å². The molecule has 1 aromatic rings. The molecule has 1 aromatic carbocycles. The topological polar surface area (TPSA) is 12.0 Å². The van der Waals surface area contributed by atoms with Crippen molar-refractivity contribution in [3.63, 3.8) is 0 Å². The zero-order valence-corrected chi connectivity index (χ0v) is 12.9. The maximum atomic E-state index is 13.0. The Morgan fingerprint density at radius 2 is 2.05 bits per heavy atom. The maximum Gasteiger partial charge on any atom is 0.418 e. The summed E-state index contributed by atoms with van der Waals surface area (Å²) in [7, 11) is 0. The summed E-state index contributed by atoms with van der Waals surface area (Å²) >= 11 is 4.83. The summed E-state index contributed by atoms with van der Waals surface area (Å²) in [5, 5.41) is 2.98. The fourth-order valence-corrected chi connectivity index (χ4v) is 3.46. The van der Waals surface area contributed by atoms with Gasteiger partial charge in [0.2, 0.25) is 0 Å². The van der Waals surface area contributed by atoms with Crippen molar-refractivity contribution in [1.82, 2.24) is 0 Å². The molecule has 1 nitrogen and oxygen atoms in total. The van der Waals surface area contributed by atoms with Crippen LogP contribution in [0.4, 0.5) is 18.9 Å². The van der Waals surface area contributed by atoms with Crippen LogP contribution in [0.15, 0.2) is 22.7 Å². The monoisotopic (exact) mass is 353 g/mol. The van der Waals surface area contributed by atoms with Crippen LogP contribution in [-0.4, -0.2) is 17.5 Å². The third-order valence-electron chi connectivity index (χ3n) is 3.59. The number of hydrogen-bond donors (Lipinski definition) is 1. The van der Waals surface area contributed by atoms with E-state index in [1.807, 2.05) is 6.26 Å². The molecule has 19 heavy (non-hydrogen) atoms. The van der Waals surface area contributed by atoms with E-state index in [0.717, 1.165) is 25.3 Å². The van der Waals surface area contributed by atoms with E-state index in [2.05, 4.69) is 21.2 Å². The second-order valence-electron chi connectivity index (χ2n) is 4.78. The Kier molecular flexibility index (Phi) is 4.40. The Morgan fingerprint density at radius 1 is 1.37 bits per heavy atom. The zero-order chi connectivity index (χ0) is 14.1. The molecule has 1 fully saturated rings. The van der Waals surface area contributed by atoms with Crippen LogP contribution < -0.4 is 5.32 Å². The summed E-state index contributed by atoms with van der Waals surface area (Å²) in [4.78, 5) is 0. The third kappa shape index (κ3) is 3.40. The molecule has 1 saturated carbocycles. The van der Waals surface area contributed by atoms with Gasteiger partial charge in [-0.3, -0.25) is 0 Å². The van der Waals surface area contributed by atoms with E-state index >= 15 is 0 Å². The van der Waals surface area contributed by atoms with Gasteiger partial charge in [-0.05, 0) is 37.3 Å². The minimum atomic E-state index is -4.34. The Morgan fingerprint density at radius 3 is 2.53 bits per heavy atom. The first-order valence-electron chi connectivity index (χ1n) is 6.02.